The van der Waals surface area contributed by atoms with E-state index in [9.17, 15) is 27.5 Å². The third-order valence-electron chi connectivity index (χ3n) is 2.63. The lowest BCUT2D eigenvalue weighted by Gasteiger charge is -2.49. The molecule has 16 heavy (non-hydrogen) atoms. The SMILES string of the molecule is CCC(CC)(C(=NC)C(F)(F)F)P(=O)([O-])[O-]. The Bertz CT molecular complexity index is 317. The lowest BCUT2D eigenvalue weighted by atomic mass is 9.95. The van der Waals surface area contributed by atoms with Crippen LogP contribution >= 0.6 is 7.60 Å². The van der Waals surface area contributed by atoms with Crippen LogP contribution in [0.5, 0.6) is 0 Å². The molecule has 0 spiro atoms. The van der Waals surface area contributed by atoms with Crippen molar-refractivity contribution in [3.05, 3.63) is 0 Å². The summed E-state index contributed by atoms with van der Waals surface area (Å²) >= 11 is 0. The summed E-state index contributed by atoms with van der Waals surface area (Å²) in [4.78, 5) is 25.1. The molecule has 0 N–H and O–H groups in total. The zero-order valence-electron chi connectivity index (χ0n) is 9.17. The Kier molecular flexibility index (Phi) is 4.74. The molecule has 0 bridgehead atoms. The second-order valence-corrected chi connectivity index (χ2v) is 5.16. The van der Waals surface area contributed by atoms with Crippen molar-refractivity contribution in [1.29, 1.82) is 0 Å². The molecule has 0 amide bonds. The normalized spacial score (nSPS) is 15.4. The Morgan fingerprint density at radius 3 is 1.69 bits per heavy atom. The van der Waals surface area contributed by atoms with E-state index < -0.39 is 37.5 Å². The van der Waals surface area contributed by atoms with E-state index in [1.807, 2.05) is 0 Å². The summed E-state index contributed by atoms with van der Waals surface area (Å²) in [6.45, 7) is 2.45. The summed E-state index contributed by atoms with van der Waals surface area (Å²) in [6.07, 6.45) is -5.80. The number of hydrogen-bond acceptors (Lipinski definition) is 4. The minimum atomic E-state index is -5.43. The smallest absolute Gasteiger partial charge is 0.429 e. The second kappa shape index (κ2) is 4.85. The van der Waals surface area contributed by atoms with Crippen LogP contribution in [0, 0.1) is 0 Å². The third kappa shape index (κ3) is 2.64. The average Bonchev–Trinajstić information content (AvgIpc) is 2.09. The zero-order valence-corrected chi connectivity index (χ0v) is 10.1. The number of rotatable bonds is 4. The summed E-state index contributed by atoms with van der Waals surface area (Å²) < 4.78 is 48.8. The van der Waals surface area contributed by atoms with Crippen LogP contribution < -0.4 is 9.79 Å². The molecule has 0 aliphatic rings. The minimum absolute atomic E-state index is 0.444. The van der Waals surface area contributed by atoms with Crippen LogP contribution in [0.2, 0.25) is 0 Å². The van der Waals surface area contributed by atoms with Gasteiger partial charge in [-0.3, -0.25) is 4.99 Å². The molecule has 4 nitrogen and oxygen atoms in total. The first-order chi connectivity index (χ1) is 7.06. The van der Waals surface area contributed by atoms with Gasteiger partial charge in [0, 0.05) is 12.2 Å². The van der Waals surface area contributed by atoms with Gasteiger partial charge in [0.15, 0.2) is 0 Å². The van der Waals surface area contributed by atoms with E-state index in [2.05, 4.69) is 4.99 Å². The molecular weight excluding hydrogens is 246 g/mol. The van der Waals surface area contributed by atoms with Crippen molar-refractivity contribution in [2.45, 2.75) is 38.0 Å². The highest BCUT2D eigenvalue weighted by Crippen LogP contribution is 2.51. The van der Waals surface area contributed by atoms with Gasteiger partial charge in [0.1, 0.15) is 5.71 Å². The molecule has 0 saturated heterocycles. The lowest BCUT2D eigenvalue weighted by molar-refractivity contribution is -0.319. The molecule has 0 atom stereocenters. The largest absolute Gasteiger partial charge is 0.810 e. The van der Waals surface area contributed by atoms with Crippen LogP contribution in [0.15, 0.2) is 4.99 Å². The van der Waals surface area contributed by atoms with Gasteiger partial charge in [-0.15, -0.1) is 0 Å². The highest BCUT2D eigenvalue weighted by atomic mass is 31.2. The van der Waals surface area contributed by atoms with Crippen molar-refractivity contribution >= 4 is 13.3 Å². The van der Waals surface area contributed by atoms with E-state index in [4.69, 9.17) is 0 Å². The second-order valence-electron chi connectivity index (χ2n) is 3.31. The fraction of sp³-hybridized carbons (Fsp3) is 0.875. The predicted octanol–water partition coefficient (Wildman–Crippen LogP) is 1.09. The number of halogens is 3. The van der Waals surface area contributed by atoms with Crippen molar-refractivity contribution in [2.75, 3.05) is 7.05 Å². The van der Waals surface area contributed by atoms with E-state index in [0.29, 0.717) is 0 Å². The van der Waals surface area contributed by atoms with Gasteiger partial charge < -0.3 is 14.4 Å². The van der Waals surface area contributed by atoms with Crippen LogP contribution in [0.25, 0.3) is 0 Å². The topological polar surface area (TPSA) is 75.5 Å². The van der Waals surface area contributed by atoms with Gasteiger partial charge in [0.25, 0.3) is 0 Å². The summed E-state index contributed by atoms with van der Waals surface area (Å²) in [6, 6.07) is 0. The van der Waals surface area contributed by atoms with E-state index in [0.717, 1.165) is 7.05 Å². The van der Waals surface area contributed by atoms with Crippen LogP contribution in [0.1, 0.15) is 26.7 Å². The molecule has 8 heteroatoms. The fourth-order valence-corrected chi connectivity index (χ4v) is 2.96. The van der Waals surface area contributed by atoms with Crippen molar-refractivity contribution in [2.24, 2.45) is 4.99 Å². The van der Waals surface area contributed by atoms with E-state index >= 15 is 0 Å². The molecular formula is C8H13F3NO3P-2. The maximum Gasteiger partial charge on any atom is 0.429 e. The molecule has 0 rings (SSSR count). The summed E-state index contributed by atoms with van der Waals surface area (Å²) in [5.74, 6) is 0. The molecule has 0 aliphatic heterocycles. The van der Waals surface area contributed by atoms with Gasteiger partial charge >= 0.3 is 6.18 Å². The molecule has 0 heterocycles. The summed E-state index contributed by atoms with van der Waals surface area (Å²) in [7, 11) is -4.59. The molecule has 0 unspecified atom stereocenters. The number of hydrogen-bond donors (Lipinski definition) is 0. The van der Waals surface area contributed by atoms with Crippen LogP contribution in [0.3, 0.4) is 0 Å². The highest BCUT2D eigenvalue weighted by molar-refractivity contribution is 7.52. The molecule has 0 aromatic rings. The Morgan fingerprint density at radius 2 is 1.62 bits per heavy atom. The first-order valence-electron chi connectivity index (χ1n) is 4.63. The first-order valence-corrected chi connectivity index (χ1v) is 6.17. The van der Waals surface area contributed by atoms with Crippen molar-refractivity contribution in [3.8, 4) is 0 Å². The molecule has 96 valence electrons. The minimum Gasteiger partial charge on any atom is -0.810 e. The fourth-order valence-electron chi connectivity index (χ4n) is 1.70. The average molecular weight is 259 g/mol. The number of alkyl halides is 3. The number of nitrogens with zero attached hydrogens (tertiary/aromatic N) is 1. The van der Waals surface area contributed by atoms with Crippen molar-refractivity contribution in [1.82, 2.24) is 0 Å². The molecule has 0 fully saturated rings. The van der Waals surface area contributed by atoms with Crippen LogP contribution in [-0.4, -0.2) is 24.1 Å². The maximum absolute atomic E-state index is 12.6. The number of aliphatic imine (C=N–C) groups is 1. The van der Waals surface area contributed by atoms with E-state index in [1.54, 1.807) is 0 Å². The van der Waals surface area contributed by atoms with E-state index in [1.165, 1.54) is 13.8 Å². The Hall–Kier alpha value is -0.390. The lowest BCUT2D eigenvalue weighted by Crippen LogP contribution is -2.51. The van der Waals surface area contributed by atoms with Gasteiger partial charge in [-0.05, 0) is 12.8 Å². The Balaban J connectivity index is 5.81. The van der Waals surface area contributed by atoms with Crippen LogP contribution in [-0.2, 0) is 4.57 Å². The van der Waals surface area contributed by atoms with Gasteiger partial charge in [-0.25, -0.2) is 0 Å². The summed E-state index contributed by atoms with van der Waals surface area (Å²) in [5, 5.41) is -2.46. The summed E-state index contributed by atoms with van der Waals surface area (Å²) in [5.41, 5.74) is -1.52. The molecule has 0 aromatic carbocycles. The van der Waals surface area contributed by atoms with Gasteiger partial charge in [-0.2, -0.15) is 13.2 Å². The zero-order chi connectivity index (χ0) is 13.2. The van der Waals surface area contributed by atoms with E-state index in [-0.39, 0.29) is 0 Å². The monoisotopic (exact) mass is 259 g/mol. The quantitative estimate of drug-likeness (QED) is 0.560. The van der Waals surface area contributed by atoms with Gasteiger partial charge in [-0.1, -0.05) is 21.4 Å². The van der Waals surface area contributed by atoms with Crippen molar-refractivity contribution in [3.63, 3.8) is 0 Å². The van der Waals surface area contributed by atoms with Gasteiger partial charge in [0.05, 0.1) is 0 Å². The predicted molar refractivity (Wildman–Crippen MR) is 50.3 cm³/mol. The third-order valence-corrected chi connectivity index (χ3v) is 4.52. The van der Waals surface area contributed by atoms with Crippen molar-refractivity contribution < 1.29 is 27.5 Å². The molecule has 0 radical (unpaired) electrons. The van der Waals surface area contributed by atoms with Crippen LogP contribution in [0.4, 0.5) is 13.2 Å². The highest BCUT2D eigenvalue weighted by Gasteiger charge is 2.49. The molecule has 0 saturated carbocycles. The Morgan fingerprint density at radius 1 is 1.25 bits per heavy atom. The molecule has 0 aromatic heterocycles. The van der Waals surface area contributed by atoms with Gasteiger partial charge in [0.2, 0.25) is 0 Å². The molecule has 0 aliphatic carbocycles. The Labute approximate surface area is 91.7 Å². The maximum atomic E-state index is 12.6. The standard InChI is InChI=1S/C8H15F3NO3P/c1-4-7(5-2,16(13,14)15)6(12-3)8(9,10)11/h4-5H2,1-3H3,(H2,13,14,15)/p-2. The first kappa shape index (κ1) is 15.6.